The van der Waals surface area contributed by atoms with Crippen LogP contribution in [0.25, 0.3) is 22.3 Å². The van der Waals surface area contributed by atoms with Crippen LogP contribution in [0.3, 0.4) is 0 Å². The molecule has 0 saturated heterocycles. The third-order valence-electron chi connectivity index (χ3n) is 9.15. The van der Waals surface area contributed by atoms with Gasteiger partial charge in [-0.2, -0.15) is 20.4 Å². The van der Waals surface area contributed by atoms with Crippen molar-refractivity contribution in [3.8, 4) is 22.3 Å². The van der Waals surface area contributed by atoms with Crippen molar-refractivity contribution in [2.45, 2.75) is 89.6 Å². The van der Waals surface area contributed by atoms with E-state index in [0.717, 1.165) is 36.1 Å². The van der Waals surface area contributed by atoms with Gasteiger partial charge in [0, 0.05) is 11.1 Å². The van der Waals surface area contributed by atoms with Gasteiger partial charge in [-0.05, 0) is 82.5 Å². The second kappa shape index (κ2) is 12.5. The van der Waals surface area contributed by atoms with Gasteiger partial charge in [-0.25, -0.2) is 0 Å². The molecule has 4 rings (SSSR count). The lowest BCUT2D eigenvalue weighted by atomic mass is 10.1. The molecular formula is C34H46N4OSi2. The molecular weight excluding hydrogens is 537 g/mol. The number of benzene rings is 2. The van der Waals surface area contributed by atoms with Crippen molar-refractivity contribution >= 4 is 16.6 Å². The Balaban J connectivity index is 1.48. The molecule has 7 heteroatoms. The van der Waals surface area contributed by atoms with Crippen molar-refractivity contribution in [1.82, 2.24) is 20.4 Å². The minimum Gasteiger partial charge on any atom is -0.454 e. The average molecular weight is 583 g/mol. The van der Waals surface area contributed by atoms with Gasteiger partial charge in [-0.3, -0.25) is 0 Å². The third kappa shape index (κ3) is 7.64. The Hall–Kier alpha value is -3.01. The Morgan fingerprint density at radius 3 is 1.17 bits per heavy atom. The van der Waals surface area contributed by atoms with Crippen LogP contribution >= 0.6 is 0 Å². The van der Waals surface area contributed by atoms with Crippen LogP contribution in [-0.4, -0.2) is 37.0 Å². The molecule has 216 valence electrons. The summed E-state index contributed by atoms with van der Waals surface area (Å²) in [5.74, 6) is 0. The summed E-state index contributed by atoms with van der Waals surface area (Å²) < 4.78 is 7.63. The molecule has 0 fully saturated rings. The van der Waals surface area contributed by atoms with Gasteiger partial charge in [0.2, 0.25) is 0 Å². The van der Waals surface area contributed by atoms with E-state index in [0.29, 0.717) is 0 Å². The molecule has 2 unspecified atom stereocenters. The minimum atomic E-state index is -2.12. The van der Waals surface area contributed by atoms with Crippen LogP contribution in [0.15, 0.2) is 85.5 Å². The first-order valence-electron chi connectivity index (χ1n) is 14.7. The Kier molecular flexibility index (Phi) is 9.41. The standard InChI is InChI=1S/C34H46N4OSi2/c1-33(2,3)40(7,23-19-27-9-13-29(14-10-27)31-17-21-35-37-25-31)39-41(8,34(4,5)6)24-20-28-11-15-30(16-12-28)32-18-22-36-38-26-32/h9-18,21-22,25-26H,19-20,23-24H2,1-8H3. The molecule has 41 heavy (non-hydrogen) atoms. The summed E-state index contributed by atoms with van der Waals surface area (Å²) >= 11 is 0. The summed E-state index contributed by atoms with van der Waals surface area (Å²) in [6.45, 7) is 19.3. The molecule has 0 N–H and O–H groups in total. The molecule has 2 heterocycles. The van der Waals surface area contributed by atoms with Gasteiger partial charge in [0.05, 0.1) is 24.8 Å². The van der Waals surface area contributed by atoms with E-state index in [9.17, 15) is 0 Å². The molecule has 2 atom stereocenters. The normalized spacial score (nSPS) is 15.2. The van der Waals surface area contributed by atoms with Crippen molar-refractivity contribution in [2.24, 2.45) is 0 Å². The number of aryl methyl sites for hydroxylation is 2. The van der Waals surface area contributed by atoms with Crippen molar-refractivity contribution in [2.75, 3.05) is 0 Å². The highest BCUT2D eigenvalue weighted by Crippen LogP contribution is 2.48. The molecule has 0 amide bonds. The zero-order valence-corrected chi connectivity index (χ0v) is 28.1. The van der Waals surface area contributed by atoms with Crippen LogP contribution in [0.2, 0.25) is 35.3 Å². The summed E-state index contributed by atoms with van der Waals surface area (Å²) in [5.41, 5.74) is 7.28. The second-order valence-electron chi connectivity index (χ2n) is 13.7. The first kappa shape index (κ1) is 30.9. The molecule has 0 radical (unpaired) electrons. The van der Waals surface area contributed by atoms with E-state index in [-0.39, 0.29) is 10.1 Å². The fourth-order valence-corrected chi connectivity index (χ4v) is 15.3. The topological polar surface area (TPSA) is 60.8 Å². The summed E-state index contributed by atoms with van der Waals surface area (Å²) in [6.07, 6.45) is 9.19. The maximum atomic E-state index is 7.63. The van der Waals surface area contributed by atoms with Crippen LogP contribution in [0.5, 0.6) is 0 Å². The third-order valence-corrected chi connectivity index (χ3v) is 21.5. The summed E-state index contributed by atoms with van der Waals surface area (Å²) in [4.78, 5) is 0. The molecule has 0 aliphatic rings. The van der Waals surface area contributed by atoms with Gasteiger partial charge in [0.1, 0.15) is 0 Å². The fourth-order valence-electron chi connectivity index (χ4n) is 5.07. The number of aromatic nitrogens is 4. The van der Waals surface area contributed by atoms with Gasteiger partial charge in [0.25, 0.3) is 0 Å². The van der Waals surface area contributed by atoms with E-state index >= 15 is 0 Å². The van der Waals surface area contributed by atoms with Crippen LogP contribution in [0, 0.1) is 0 Å². The minimum absolute atomic E-state index is 0.134. The maximum absolute atomic E-state index is 7.63. The lowest BCUT2D eigenvalue weighted by Gasteiger charge is -2.50. The van der Waals surface area contributed by atoms with Crippen LogP contribution in [0.4, 0.5) is 0 Å². The van der Waals surface area contributed by atoms with E-state index in [4.69, 9.17) is 4.12 Å². The van der Waals surface area contributed by atoms with E-state index in [1.807, 2.05) is 24.5 Å². The highest BCUT2D eigenvalue weighted by molar-refractivity contribution is 6.88. The van der Waals surface area contributed by atoms with E-state index in [1.165, 1.54) is 22.3 Å². The summed E-state index contributed by atoms with van der Waals surface area (Å²) in [5, 5.41) is 16.1. The smallest absolute Gasteiger partial charge is 0.182 e. The van der Waals surface area contributed by atoms with E-state index in [1.54, 1.807) is 12.4 Å². The first-order valence-corrected chi connectivity index (χ1v) is 20.0. The van der Waals surface area contributed by atoms with Crippen LogP contribution in [0.1, 0.15) is 52.7 Å². The Bertz CT molecular complexity index is 1280. The molecule has 2 aromatic carbocycles. The molecule has 0 bridgehead atoms. The second-order valence-corrected chi connectivity index (χ2v) is 23.5. The quantitative estimate of drug-likeness (QED) is 0.174. The Morgan fingerprint density at radius 1 is 0.512 bits per heavy atom. The van der Waals surface area contributed by atoms with Crippen LogP contribution in [-0.2, 0) is 17.0 Å². The van der Waals surface area contributed by atoms with Crippen molar-refractivity contribution in [1.29, 1.82) is 0 Å². The van der Waals surface area contributed by atoms with Gasteiger partial charge >= 0.3 is 0 Å². The predicted molar refractivity (Wildman–Crippen MR) is 176 cm³/mol. The van der Waals surface area contributed by atoms with Gasteiger partial charge in [-0.15, -0.1) is 0 Å². The zero-order valence-electron chi connectivity index (χ0n) is 26.1. The molecule has 0 aliphatic carbocycles. The number of nitrogens with zero attached hydrogens (tertiary/aromatic N) is 4. The van der Waals surface area contributed by atoms with E-state index < -0.39 is 16.6 Å². The van der Waals surface area contributed by atoms with Gasteiger partial charge < -0.3 is 4.12 Å². The monoisotopic (exact) mass is 582 g/mol. The molecule has 0 aliphatic heterocycles. The largest absolute Gasteiger partial charge is 0.454 e. The number of hydrogen-bond donors (Lipinski definition) is 0. The molecule has 2 aromatic heterocycles. The number of hydrogen-bond acceptors (Lipinski definition) is 5. The predicted octanol–water partition coefficient (Wildman–Crippen LogP) is 9.15. The highest BCUT2D eigenvalue weighted by atomic mass is 28.4. The van der Waals surface area contributed by atoms with E-state index in [2.05, 4.69) is 124 Å². The summed E-state index contributed by atoms with van der Waals surface area (Å²) in [7, 11) is -4.23. The SMILES string of the molecule is CC(C)(C)[Si](C)(CCc1ccc(-c2ccnnc2)cc1)O[Si](C)(CCc1ccc(-c2ccnnc2)cc1)C(C)(C)C. The Morgan fingerprint density at radius 2 is 0.878 bits per heavy atom. The van der Waals surface area contributed by atoms with Crippen LogP contribution < -0.4 is 0 Å². The first-order chi connectivity index (χ1) is 19.3. The fraction of sp³-hybridized carbons (Fsp3) is 0.412. The lowest BCUT2D eigenvalue weighted by Crippen LogP contribution is -2.57. The summed E-state index contributed by atoms with van der Waals surface area (Å²) in [6, 6.07) is 24.1. The lowest BCUT2D eigenvalue weighted by molar-refractivity contribution is 0.431. The molecule has 0 saturated carbocycles. The maximum Gasteiger partial charge on any atom is 0.182 e. The molecule has 4 aromatic rings. The van der Waals surface area contributed by atoms with Crippen molar-refractivity contribution in [3.05, 3.63) is 96.6 Å². The Labute approximate surface area is 249 Å². The van der Waals surface area contributed by atoms with Gasteiger partial charge in [0.15, 0.2) is 16.6 Å². The van der Waals surface area contributed by atoms with Crippen molar-refractivity contribution in [3.63, 3.8) is 0 Å². The highest BCUT2D eigenvalue weighted by Gasteiger charge is 2.51. The zero-order chi connectivity index (χ0) is 29.7. The average Bonchev–Trinajstić information content (AvgIpc) is 2.95. The number of rotatable bonds is 10. The van der Waals surface area contributed by atoms with Crippen molar-refractivity contribution < 1.29 is 4.12 Å². The molecule has 0 spiro atoms. The van der Waals surface area contributed by atoms with Gasteiger partial charge in [-0.1, -0.05) is 90.1 Å². The molecule has 5 nitrogen and oxygen atoms in total.